The van der Waals surface area contributed by atoms with E-state index in [4.69, 9.17) is 11.6 Å². The first-order valence-electron chi connectivity index (χ1n) is 7.22. The topological polar surface area (TPSA) is 46.2 Å². The van der Waals surface area contributed by atoms with Crippen LogP contribution in [0, 0.1) is 6.92 Å². The number of carbonyl (C=O) groups excluding carboxylic acids is 2. The molecule has 2 aromatic rings. The molecule has 0 unspecified atom stereocenters. The Morgan fingerprint density at radius 1 is 1.27 bits per heavy atom. The number of carbonyl (C=O) groups is 2. The highest BCUT2D eigenvalue weighted by molar-refractivity contribution is 7.17. The summed E-state index contributed by atoms with van der Waals surface area (Å²) in [5.74, 6) is -0.400. The summed E-state index contributed by atoms with van der Waals surface area (Å²) in [6, 6.07) is 7.55. The number of rotatable bonds is 4. The molecule has 0 saturated heterocycles. The van der Waals surface area contributed by atoms with Gasteiger partial charge in [-0.25, -0.2) is 0 Å². The third-order valence-corrected chi connectivity index (χ3v) is 5.36. The average Bonchev–Trinajstić information content (AvgIpc) is 3.07. The van der Waals surface area contributed by atoms with Gasteiger partial charge in [-0.1, -0.05) is 24.3 Å². The fourth-order valence-electron chi connectivity index (χ4n) is 2.85. The van der Waals surface area contributed by atoms with Gasteiger partial charge in [-0.15, -0.1) is 22.9 Å². The van der Waals surface area contributed by atoms with Gasteiger partial charge in [-0.05, 0) is 37.3 Å². The number of benzene rings is 1. The predicted molar refractivity (Wildman–Crippen MR) is 90.3 cm³/mol. The maximum absolute atomic E-state index is 13.0. The standard InChI is InChI=1S/C17H16ClNO2S/c1-10-5-2-3-6-11(10)16(21)15-12-7-4-8-13(12)22-17(15)19-14(20)9-18/h2-3,5-6H,4,7-9H2,1H3,(H,19,20). The number of alkyl halides is 1. The maximum atomic E-state index is 13.0. The molecular weight excluding hydrogens is 318 g/mol. The fraction of sp³-hybridized carbons (Fsp3) is 0.294. The highest BCUT2D eigenvalue weighted by atomic mass is 35.5. The highest BCUT2D eigenvalue weighted by Gasteiger charge is 2.28. The van der Waals surface area contributed by atoms with Crippen LogP contribution >= 0.6 is 22.9 Å². The van der Waals surface area contributed by atoms with Crippen LogP contribution in [0.3, 0.4) is 0 Å². The number of nitrogens with one attached hydrogen (secondary N) is 1. The molecular formula is C17H16ClNO2S. The smallest absolute Gasteiger partial charge is 0.239 e. The predicted octanol–water partition coefficient (Wildman–Crippen LogP) is 3.95. The van der Waals surface area contributed by atoms with Crippen LogP contribution in [0.5, 0.6) is 0 Å². The van der Waals surface area contributed by atoms with Crippen molar-refractivity contribution in [3.05, 3.63) is 51.4 Å². The van der Waals surface area contributed by atoms with Gasteiger partial charge in [0.2, 0.25) is 5.91 Å². The van der Waals surface area contributed by atoms with Crippen molar-refractivity contribution in [1.82, 2.24) is 0 Å². The molecule has 3 rings (SSSR count). The molecule has 1 aromatic heterocycles. The second-order valence-corrected chi connectivity index (χ2v) is 6.76. The summed E-state index contributed by atoms with van der Waals surface area (Å²) in [5.41, 5.74) is 3.39. The maximum Gasteiger partial charge on any atom is 0.239 e. The van der Waals surface area contributed by atoms with Crippen LogP contribution in [0.2, 0.25) is 0 Å². The van der Waals surface area contributed by atoms with Gasteiger partial charge in [-0.3, -0.25) is 9.59 Å². The second kappa shape index (κ2) is 6.23. The van der Waals surface area contributed by atoms with Gasteiger partial charge in [-0.2, -0.15) is 0 Å². The molecule has 22 heavy (non-hydrogen) atoms. The molecule has 0 spiro atoms. The molecule has 1 aliphatic carbocycles. The largest absolute Gasteiger partial charge is 0.316 e. The van der Waals surface area contributed by atoms with Crippen LogP contribution in [-0.4, -0.2) is 17.6 Å². The molecule has 0 saturated carbocycles. The number of hydrogen-bond acceptors (Lipinski definition) is 3. The van der Waals surface area contributed by atoms with E-state index in [2.05, 4.69) is 5.32 Å². The lowest BCUT2D eigenvalue weighted by Crippen LogP contribution is -2.15. The van der Waals surface area contributed by atoms with Crippen LogP contribution in [0.15, 0.2) is 24.3 Å². The third kappa shape index (κ3) is 2.69. The van der Waals surface area contributed by atoms with Crippen molar-refractivity contribution < 1.29 is 9.59 Å². The van der Waals surface area contributed by atoms with Gasteiger partial charge >= 0.3 is 0 Å². The third-order valence-electron chi connectivity index (χ3n) is 3.91. The van der Waals surface area contributed by atoms with Crippen LogP contribution < -0.4 is 5.32 Å². The van der Waals surface area contributed by atoms with E-state index in [1.807, 2.05) is 31.2 Å². The van der Waals surface area contributed by atoms with E-state index in [0.29, 0.717) is 16.1 Å². The summed E-state index contributed by atoms with van der Waals surface area (Å²) >= 11 is 7.09. The molecule has 1 heterocycles. The molecule has 5 heteroatoms. The van der Waals surface area contributed by atoms with Crippen molar-refractivity contribution in [3.8, 4) is 0 Å². The van der Waals surface area contributed by atoms with Crippen LogP contribution in [0.4, 0.5) is 5.00 Å². The van der Waals surface area contributed by atoms with E-state index in [-0.39, 0.29) is 17.6 Å². The lowest BCUT2D eigenvalue weighted by Gasteiger charge is -2.09. The minimum Gasteiger partial charge on any atom is -0.316 e. The summed E-state index contributed by atoms with van der Waals surface area (Å²) in [6.07, 6.45) is 2.94. The van der Waals surface area contributed by atoms with E-state index in [0.717, 1.165) is 30.4 Å². The Labute approximate surface area is 138 Å². The zero-order chi connectivity index (χ0) is 15.7. The van der Waals surface area contributed by atoms with Crippen molar-refractivity contribution in [2.75, 3.05) is 11.2 Å². The van der Waals surface area contributed by atoms with Gasteiger partial charge in [0.15, 0.2) is 5.78 Å². The van der Waals surface area contributed by atoms with Crippen molar-refractivity contribution in [1.29, 1.82) is 0 Å². The molecule has 1 aliphatic rings. The summed E-state index contributed by atoms with van der Waals surface area (Å²) in [6.45, 7) is 1.93. The molecule has 0 fully saturated rings. The first kappa shape index (κ1) is 15.3. The van der Waals surface area contributed by atoms with Crippen molar-refractivity contribution in [2.45, 2.75) is 26.2 Å². The SMILES string of the molecule is Cc1ccccc1C(=O)c1c(NC(=O)CCl)sc2c1CCC2. The van der Waals surface area contributed by atoms with Crippen LogP contribution in [-0.2, 0) is 17.6 Å². The lowest BCUT2D eigenvalue weighted by atomic mass is 9.97. The Morgan fingerprint density at radius 3 is 2.77 bits per heavy atom. The molecule has 1 amide bonds. The van der Waals surface area contributed by atoms with Crippen LogP contribution in [0.25, 0.3) is 0 Å². The average molecular weight is 334 g/mol. The molecule has 3 nitrogen and oxygen atoms in total. The van der Waals surface area contributed by atoms with Gasteiger partial charge in [0.25, 0.3) is 0 Å². The highest BCUT2D eigenvalue weighted by Crippen LogP contribution is 2.40. The molecule has 0 radical (unpaired) electrons. The number of amides is 1. The monoisotopic (exact) mass is 333 g/mol. The number of hydrogen-bond donors (Lipinski definition) is 1. The van der Waals surface area contributed by atoms with E-state index in [9.17, 15) is 9.59 Å². The Balaban J connectivity index is 2.07. The number of anilines is 1. The minimum atomic E-state index is -0.277. The summed E-state index contributed by atoms with van der Waals surface area (Å²) in [5, 5.41) is 3.43. The lowest BCUT2D eigenvalue weighted by molar-refractivity contribution is -0.113. The van der Waals surface area contributed by atoms with Crippen molar-refractivity contribution in [3.63, 3.8) is 0 Å². The molecule has 0 aliphatic heterocycles. The van der Waals surface area contributed by atoms with Crippen molar-refractivity contribution >= 4 is 39.6 Å². The fourth-order valence-corrected chi connectivity index (χ4v) is 4.22. The quantitative estimate of drug-likeness (QED) is 0.680. The zero-order valence-corrected chi connectivity index (χ0v) is 13.8. The number of thiophene rings is 1. The normalized spacial score (nSPS) is 13.0. The van der Waals surface area contributed by atoms with E-state index >= 15 is 0 Å². The molecule has 114 valence electrons. The van der Waals surface area contributed by atoms with Gasteiger partial charge in [0, 0.05) is 10.4 Å². The Bertz CT molecular complexity index is 751. The van der Waals surface area contributed by atoms with E-state index in [1.165, 1.54) is 16.2 Å². The Morgan fingerprint density at radius 2 is 2.05 bits per heavy atom. The number of aryl methyl sites for hydroxylation is 2. The molecule has 1 aromatic carbocycles. The number of fused-ring (bicyclic) bond motifs is 1. The van der Waals surface area contributed by atoms with Gasteiger partial charge in [0.1, 0.15) is 10.9 Å². The Kier molecular flexibility index (Phi) is 4.32. The van der Waals surface area contributed by atoms with Crippen LogP contribution in [0.1, 0.15) is 38.3 Å². The zero-order valence-electron chi connectivity index (χ0n) is 12.2. The van der Waals surface area contributed by atoms with Gasteiger partial charge < -0.3 is 5.32 Å². The first-order valence-corrected chi connectivity index (χ1v) is 8.57. The van der Waals surface area contributed by atoms with E-state index < -0.39 is 0 Å². The molecule has 1 N–H and O–H groups in total. The molecule has 0 bridgehead atoms. The second-order valence-electron chi connectivity index (χ2n) is 5.39. The summed E-state index contributed by atoms with van der Waals surface area (Å²) in [7, 11) is 0. The van der Waals surface area contributed by atoms with Gasteiger partial charge in [0.05, 0.1) is 5.56 Å². The number of halogens is 1. The first-order chi connectivity index (χ1) is 10.6. The van der Waals surface area contributed by atoms with E-state index in [1.54, 1.807) is 0 Å². The van der Waals surface area contributed by atoms with Crippen molar-refractivity contribution in [2.24, 2.45) is 0 Å². The molecule has 0 atom stereocenters. The summed E-state index contributed by atoms with van der Waals surface area (Å²) in [4.78, 5) is 25.8. The summed E-state index contributed by atoms with van der Waals surface area (Å²) < 4.78 is 0. The minimum absolute atomic E-state index is 0.0117. The Hall–Kier alpha value is -1.65. The number of ketones is 1.